The summed E-state index contributed by atoms with van der Waals surface area (Å²) in [6.45, 7) is 0.116. The Hall–Kier alpha value is -2.84. The van der Waals surface area contributed by atoms with Crippen molar-refractivity contribution in [1.29, 1.82) is 0 Å². The Bertz CT molecular complexity index is 1100. The third-order valence-electron chi connectivity index (χ3n) is 7.79. The summed E-state index contributed by atoms with van der Waals surface area (Å²) in [5, 5.41) is 10.1. The van der Waals surface area contributed by atoms with Crippen LogP contribution in [0.1, 0.15) is 36.8 Å². The number of rotatable bonds is 6. The minimum atomic E-state index is -1.03. The van der Waals surface area contributed by atoms with Gasteiger partial charge in [-0.1, -0.05) is 30.3 Å². The Morgan fingerprint density at radius 3 is 2.58 bits per heavy atom. The average Bonchev–Trinajstić information content (AvgIpc) is 3.16. The molecule has 0 spiro atoms. The summed E-state index contributed by atoms with van der Waals surface area (Å²) in [4.78, 5) is 19.4. The van der Waals surface area contributed by atoms with Gasteiger partial charge in [0.25, 0.3) is 0 Å². The first kappa shape index (κ1) is 26.2. The topological polar surface area (TPSA) is 47.0 Å². The smallest absolute Gasteiger partial charge is 0.321 e. The number of halogens is 3. The molecule has 1 saturated heterocycles. The third-order valence-corrected chi connectivity index (χ3v) is 7.79. The molecule has 1 N–H and O–H groups in total. The van der Waals surface area contributed by atoms with Crippen LogP contribution in [0.2, 0.25) is 0 Å². The van der Waals surface area contributed by atoms with Crippen LogP contribution in [0.15, 0.2) is 54.6 Å². The van der Waals surface area contributed by atoms with Crippen molar-refractivity contribution in [1.82, 2.24) is 14.7 Å². The second-order valence-corrected chi connectivity index (χ2v) is 9.85. The number of benzene rings is 2. The first-order chi connectivity index (χ1) is 17.3. The molecule has 2 heterocycles. The summed E-state index contributed by atoms with van der Waals surface area (Å²) in [5.74, 6) is -1.13. The van der Waals surface area contributed by atoms with Gasteiger partial charge >= 0.3 is 6.03 Å². The van der Waals surface area contributed by atoms with Gasteiger partial charge in [0.15, 0.2) is 0 Å². The van der Waals surface area contributed by atoms with Crippen molar-refractivity contribution in [3.05, 3.63) is 77.4 Å². The summed E-state index contributed by atoms with van der Waals surface area (Å²) < 4.78 is 42.3. The van der Waals surface area contributed by atoms with E-state index in [4.69, 9.17) is 0 Å². The highest BCUT2D eigenvalue weighted by atomic mass is 19.1. The molecule has 36 heavy (non-hydrogen) atoms. The molecule has 3 atom stereocenters. The Morgan fingerprint density at radius 2 is 1.89 bits per heavy atom. The summed E-state index contributed by atoms with van der Waals surface area (Å²) in [6, 6.07) is 12.1. The Balaban J connectivity index is 1.72. The van der Waals surface area contributed by atoms with Crippen molar-refractivity contribution in [3.8, 4) is 0 Å². The maximum atomic E-state index is 14.8. The minimum absolute atomic E-state index is 0.0676. The van der Waals surface area contributed by atoms with E-state index in [9.17, 15) is 23.1 Å². The van der Waals surface area contributed by atoms with Crippen LogP contribution in [-0.2, 0) is 5.54 Å². The number of nitrogens with zero attached hydrogens (tertiary/aromatic N) is 3. The zero-order chi connectivity index (χ0) is 25.9. The number of hydrogen-bond donors (Lipinski definition) is 1. The number of aliphatic hydroxyl groups is 1. The van der Waals surface area contributed by atoms with Crippen molar-refractivity contribution in [2.75, 3.05) is 40.5 Å². The van der Waals surface area contributed by atoms with Gasteiger partial charge in [-0.25, -0.2) is 18.0 Å². The zero-order valence-corrected chi connectivity index (χ0v) is 20.8. The van der Waals surface area contributed by atoms with Crippen molar-refractivity contribution >= 4 is 11.6 Å². The van der Waals surface area contributed by atoms with Crippen LogP contribution in [0.3, 0.4) is 0 Å². The molecule has 5 nitrogen and oxygen atoms in total. The fourth-order valence-corrected chi connectivity index (χ4v) is 5.57. The molecule has 0 saturated carbocycles. The van der Waals surface area contributed by atoms with E-state index in [1.54, 1.807) is 22.9 Å². The fraction of sp³-hybridized carbons (Fsp3) is 0.464. The Labute approximate surface area is 210 Å². The summed E-state index contributed by atoms with van der Waals surface area (Å²) in [7, 11) is 3.65. The molecule has 0 radical (unpaired) electrons. The number of aliphatic hydroxyl groups excluding tert-OH is 1. The van der Waals surface area contributed by atoms with Crippen molar-refractivity contribution in [2.45, 2.75) is 43.3 Å². The number of amides is 2. The molecule has 1 fully saturated rings. The highest BCUT2D eigenvalue weighted by Gasteiger charge is 2.46. The average molecular weight is 502 g/mol. The van der Waals surface area contributed by atoms with E-state index in [0.29, 0.717) is 31.4 Å². The van der Waals surface area contributed by atoms with Gasteiger partial charge in [0.05, 0.1) is 5.54 Å². The van der Waals surface area contributed by atoms with Crippen molar-refractivity contribution < 1.29 is 23.1 Å². The van der Waals surface area contributed by atoms with Crippen LogP contribution in [-0.4, -0.2) is 78.4 Å². The van der Waals surface area contributed by atoms with Crippen LogP contribution in [0.5, 0.6) is 0 Å². The van der Waals surface area contributed by atoms with Gasteiger partial charge in [-0.15, -0.1) is 0 Å². The largest absolute Gasteiger partial charge is 0.396 e. The third kappa shape index (κ3) is 5.02. The quantitative estimate of drug-likeness (QED) is 0.618. The maximum absolute atomic E-state index is 14.8. The summed E-state index contributed by atoms with van der Waals surface area (Å²) >= 11 is 0. The van der Waals surface area contributed by atoms with Gasteiger partial charge in [-0.3, -0.25) is 0 Å². The number of hydrogen-bond acceptors (Lipinski definition) is 3. The SMILES string of the molecule is CN1CCC(N(C)C(=O)N2CC(c3cc(F)ccc3F)=C[C@@]2(CCO)c2ccccc2)CCC1CF. The molecule has 2 amide bonds. The Morgan fingerprint density at radius 1 is 1.14 bits per heavy atom. The molecule has 0 aliphatic carbocycles. The standard InChI is InChI=1S/C28H34F3N3O2/c1-32-14-12-23(9-10-24(32)18-29)33(2)27(36)34-19-20(25-16-22(30)8-11-26(25)31)17-28(34,13-15-35)21-6-4-3-5-7-21/h3-8,11,16-17,23-24,35H,9-10,12-15,18-19H2,1-2H3/t23?,24?,28-/m0/s1. The second kappa shape index (κ2) is 11.0. The summed E-state index contributed by atoms with van der Waals surface area (Å²) in [6.07, 6.45) is 4.02. The number of alkyl halides is 1. The van der Waals surface area contributed by atoms with E-state index in [2.05, 4.69) is 0 Å². The van der Waals surface area contributed by atoms with Crippen LogP contribution in [0.4, 0.5) is 18.0 Å². The van der Waals surface area contributed by atoms with Crippen LogP contribution in [0.25, 0.3) is 5.57 Å². The first-order valence-electron chi connectivity index (χ1n) is 12.4. The maximum Gasteiger partial charge on any atom is 0.321 e. The highest BCUT2D eigenvalue weighted by molar-refractivity contribution is 5.83. The van der Waals surface area contributed by atoms with Gasteiger partial charge < -0.3 is 19.8 Å². The van der Waals surface area contributed by atoms with Crippen molar-refractivity contribution in [2.24, 2.45) is 0 Å². The lowest BCUT2D eigenvalue weighted by Gasteiger charge is -2.42. The molecule has 0 bridgehead atoms. The van der Waals surface area contributed by atoms with Gasteiger partial charge in [0.2, 0.25) is 0 Å². The zero-order valence-electron chi connectivity index (χ0n) is 20.8. The van der Waals surface area contributed by atoms with Gasteiger partial charge in [0.1, 0.15) is 18.3 Å². The molecule has 2 aliphatic heterocycles. The molecular formula is C28H34F3N3O2. The molecule has 2 aromatic rings. The predicted molar refractivity (Wildman–Crippen MR) is 134 cm³/mol. The number of likely N-dealkylation sites (tertiary alicyclic amines) is 1. The lowest BCUT2D eigenvalue weighted by atomic mass is 9.85. The molecule has 194 valence electrons. The van der Waals surface area contributed by atoms with Crippen LogP contribution < -0.4 is 0 Å². The fourth-order valence-electron chi connectivity index (χ4n) is 5.57. The van der Waals surface area contributed by atoms with E-state index >= 15 is 0 Å². The van der Waals surface area contributed by atoms with E-state index in [-0.39, 0.29) is 43.3 Å². The molecule has 4 rings (SSSR count). The number of urea groups is 1. The number of carbonyl (C=O) groups is 1. The molecule has 2 aromatic carbocycles. The van der Waals surface area contributed by atoms with Gasteiger partial charge in [-0.2, -0.15) is 0 Å². The molecule has 2 unspecified atom stereocenters. The van der Waals surface area contributed by atoms with E-state index in [1.165, 1.54) is 0 Å². The normalized spacial score (nSPS) is 24.9. The summed E-state index contributed by atoms with van der Waals surface area (Å²) in [5.41, 5.74) is 0.348. The molecule has 0 aromatic heterocycles. The second-order valence-electron chi connectivity index (χ2n) is 9.85. The predicted octanol–water partition coefficient (Wildman–Crippen LogP) is 4.82. The molecule has 2 aliphatic rings. The number of carbonyl (C=O) groups excluding carboxylic acids is 1. The monoisotopic (exact) mass is 501 g/mol. The van der Waals surface area contributed by atoms with E-state index in [1.807, 2.05) is 42.3 Å². The van der Waals surface area contributed by atoms with Crippen LogP contribution in [0, 0.1) is 11.6 Å². The van der Waals surface area contributed by atoms with E-state index < -0.39 is 23.8 Å². The van der Waals surface area contributed by atoms with Crippen LogP contribution >= 0.6 is 0 Å². The lowest BCUT2D eigenvalue weighted by molar-refractivity contribution is 0.0986. The van der Waals surface area contributed by atoms with Crippen molar-refractivity contribution in [3.63, 3.8) is 0 Å². The lowest BCUT2D eigenvalue weighted by Crippen LogP contribution is -2.53. The minimum Gasteiger partial charge on any atom is -0.396 e. The molecular weight excluding hydrogens is 467 g/mol. The molecule has 8 heteroatoms. The Kier molecular flexibility index (Phi) is 8.05. The van der Waals surface area contributed by atoms with E-state index in [0.717, 1.165) is 23.8 Å². The van der Waals surface area contributed by atoms with Gasteiger partial charge in [-0.05, 0) is 61.7 Å². The van der Waals surface area contributed by atoms with Gasteiger partial charge in [0, 0.05) is 50.8 Å². The first-order valence-corrected chi connectivity index (χ1v) is 12.4. The highest BCUT2D eigenvalue weighted by Crippen LogP contribution is 2.44.